The Morgan fingerprint density at radius 3 is 2.09 bits per heavy atom. The number of aryl methyl sites for hydroxylation is 2. The van der Waals surface area contributed by atoms with Crippen molar-refractivity contribution in [1.82, 2.24) is 4.90 Å². The molecule has 0 aliphatic carbocycles. The van der Waals surface area contributed by atoms with E-state index in [4.69, 9.17) is 5.73 Å². The summed E-state index contributed by atoms with van der Waals surface area (Å²) in [6.07, 6.45) is 7.10. The highest BCUT2D eigenvalue weighted by Crippen LogP contribution is 2.26. The molecule has 182 valence electrons. The van der Waals surface area contributed by atoms with E-state index in [1.807, 2.05) is 0 Å². The summed E-state index contributed by atoms with van der Waals surface area (Å²) in [5.41, 5.74) is 10.7. The van der Waals surface area contributed by atoms with E-state index in [9.17, 15) is 0 Å². The zero-order chi connectivity index (χ0) is 23.6. The van der Waals surface area contributed by atoms with Crippen LogP contribution in [0.1, 0.15) is 64.5 Å². The minimum Gasteiger partial charge on any atom is -0.368 e. The van der Waals surface area contributed by atoms with Gasteiger partial charge in [-0.05, 0) is 67.2 Å². The molecule has 3 rings (SSSR count). The van der Waals surface area contributed by atoms with Crippen molar-refractivity contribution in [3.05, 3.63) is 65.7 Å². The fourth-order valence-electron chi connectivity index (χ4n) is 4.90. The van der Waals surface area contributed by atoms with E-state index in [1.54, 1.807) is 0 Å². The van der Waals surface area contributed by atoms with Gasteiger partial charge in [0.05, 0.1) is 0 Å². The second-order valence-corrected chi connectivity index (χ2v) is 10.6. The highest BCUT2D eigenvalue weighted by molar-refractivity contribution is 5.49. The Morgan fingerprint density at radius 2 is 1.52 bits per heavy atom. The van der Waals surface area contributed by atoms with Crippen LogP contribution >= 0.6 is 0 Å². The van der Waals surface area contributed by atoms with Crippen molar-refractivity contribution in [1.29, 1.82) is 0 Å². The molecule has 0 bridgehead atoms. The van der Waals surface area contributed by atoms with Crippen LogP contribution in [0, 0.1) is 11.8 Å². The minimum absolute atomic E-state index is 0.298. The highest BCUT2D eigenvalue weighted by atomic mass is 15.2. The lowest BCUT2D eigenvalue weighted by atomic mass is 9.96. The van der Waals surface area contributed by atoms with E-state index >= 15 is 0 Å². The number of hydrogen-bond donors (Lipinski definition) is 1. The molecule has 0 amide bonds. The van der Waals surface area contributed by atoms with Crippen LogP contribution < -0.4 is 10.6 Å². The average Bonchev–Trinajstić information content (AvgIpc) is 2.84. The Labute approximate surface area is 203 Å². The molecule has 1 heterocycles. The standard InChI is InChI=1S/C30H47N3/c1-5-25(4)30(31)23-32-20-18-29(19-21-32)33(22-17-24(2)3)28-15-13-27(14-16-28)12-11-26-9-7-6-8-10-26/h6-10,13-16,24-25,29-30H,5,11-12,17-23,31H2,1-4H3/t25?,30-/m1/s1. The smallest absolute Gasteiger partial charge is 0.0368 e. The molecule has 0 aromatic heterocycles. The first-order valence-corrected chi connectivity index (χ1v) is 13.3. The van der Waals surface area contributed by atoms with Crippen molar-refractivity contribution in [2.24, 2.45) is 17.6 Å². The maximum Gasteiger partial charge on any atom is 0.0368 e. The van der Waals surface area contributed by atoms with Crippen LogP contribution in [0.4, 0.5) is 5.69 Å². The highest BCUT2D eigenvalue weighted by Gasteiger charge is 2.26. The topological polar surface area (TPSA) is 32.5 Å². The van der Waals surface area contributed by atoms with E-state index in [2.05, 4.69) is 92.1 Å². The van der Waals surface area contributed by atoms with Gasteiger partial charge < -0.3 is 15.5 Å². The van der Waals surface area contributed by atoms with Crippen LogP contribution in [0.25, 0.3) is 0 Å². The van der Waals surface area contributed by atoms with Gasteiger partial charge in [0.25, 0.3) is 0 Å². The van der Waals surface area contributed by atoms with Gasteiger partial charge in [-0.1, -0.05) is 76.6 Å². The molecular formula is C30H47N3. The summed E-state index contributed by atoms with van der Waals surface area (Å²) in [5, 5.41) is 0. The molecule has 0 radical (unpaired) electrons. The van der Waals surface area contributed by atoms with Crippen molar-refractivity contribution in [3.8, 4) is 0 Å². The zero-order valence-electron chi connectivity index (χ0n) is 21.5. The van der Waals surface area contributed by atoms with Crippen LogP contribution in [0.2, 0.25) is 0 Å². The SMILES string of the molecule is CCC(C)[C@H](N)CN1CCC(N(CCC(C)C)c2ccc(CCc3ccccc3)cc2)CC1. The molecule has 2 N–H and O–H groups in total. The lowest BCUT2D eigenvalue weighted by Gasteiger charge is -2.41. The first-order valence-electron chi connectivity index (χ1n) is 13.3. The number of piperidine rings is 1. The normalized spacial score (nSPS) is 17.3. The predicted molar refractivity (Wildman–Crippen MR) is 144 cm³/mol. The van der Waals surface area contributed by atoms with Crippen LogP contribution in [0.15, 0.2) is 54.6 Å². The first-order chi connectivity index (χ1) is 16.0. The number of hydrogen-bond acceptors (Lipinski definition) is 3. The van der Waals surface area contributed by atoms with Gasteiger partial charge in [-0.3, -0.25) is 0 Å². The number of rotatable bonds is 12. The van der Waals surface area contributed by atoms with Gasteiger partial charge in [-0.25, -0.2) is 0 Å². The summed E-state index contributed by atoms with van der Waals surface area (Å²) in [4.78, 5) is 5.30. The van der Waals surface area contributed by atoms with Gasteiger partial charge in [0.2, 0.25) is 0 Å². The molecule has 0 saturated carbocycles. The van der Waals surface area contributed by atoms with Gasteiger partial charge in [0.1, 0.15) is 0 Å². The fraction of sp³-hybridized carbons (Fsp3) is 0.600. The summed E-state index contributed by atoms with van der Waals surface area (Å²) in [6, 6.07) is 21.2. The van der Waals surface area contributed by atoms with Crippen LogP contribution in [0.5, 0.6) is 0 Å². The lowest BCUT2D eigenvalue weighted by molar-refractivity contribution is 0.183. The third-order valence-corrected chi connectivity index (χ3v) is 7.60. The van der Waals surface area contributed by atoms with Gasteiger partial charge in [0.15, 0.2) is 0 Å². The van der Waals surface area contributed by atoms with Crippen molar-refractivity contribution in [3.63, 3.8) is 0 Å². The Balaban J connectivity index is 1.59. The largest absolute Gasteiger partial charge is 0.368 e. The maximum atomic E-state index is 6.45. The molecule has 33 heavy (non-hydrogen) atoms. The summed E-state index contributed by atoms with van der Waals surface area (Å²) in [7, 11) is 0. The summed E-state index contributed by atoms with van der Waals surface area (Å²) >= 11 is 0. The second kappa shape index (κ2) is 13.2. The molecule has 1 fully saturated rings. The molecule has 2 aromatic carbocycles. The lowest BCUT2D eigenvalue weighted by Crippen LogP contribution is -2.49. The number of anilines is 1. The molecule has 2 atom stereocenters. The third kappa shape index (κ3) is 8.15. The van der Waals surface area contributed by atoms with Crippen LogP contribution in [-0.4, -0.2) is 43.2 Å². The van der Waals surface area contributed by atoms with Crippen LogP contribution in [-0.2, 0) is 12.8 Å². The Morgan fingerprint density at radius 1 is 0.909 bits per heavy atom. The number of nitrogens with two attached hydrogens (primary N) is 1. The third-order valence-electron chi connectivity index (χ3n) is 7.60. The molecule has 3 nitrogen and oxygen atoms in total. The van der Waals surface area contributed by atoms with Gasteiger partial charge in [-0.2, -0.15) is 0 Å². The fourth-order valence-corrected chi connectivity index (χ4v) is 4.90. The summed E-state index contributed by atoms with van der Waals surface area (Å²) < 4.78 is 0. The Kier molecular flexibility index (Phi) is 10.3. The Bertz CT molecular complexity index is 778. The maximum absolute atomic E-state index is 6.45. The van der Waals surface area contributed by atoms with E-state index in [-0.39, 0.29) is 0 Å². The number of nitrogens with zero attached hydrogens (tertiary/aromatic N) is 2. The second-order valence-electron chi connectivity index (χ2n) is 10.6. The molecular weight excluding hydrogens is 402 g/mol. The number of likely N-dealkylation sites (tertiary alicyclic amines) is 1. The molecule has 1 aliphatic heterocycles. The molecule has 0 spiro atoms. The molecule has 3 heteroatoms. The van der Waals surface area contributed by atoms with Crippen molar-refractivity contribution in [2.45, 2.75) is 78.3 Å². The zero-order valence-corrected chi connectivity index (χ0v) is 21.5. The van der Waals surface area contributed by atoms with Crippen molar-refractivity contribution < 1.29 is 0 Å². The van der Waals surface area contributed by atoms with Gasteiger partial charge in [-0.15, -0.1) is 0 Å². The minimum atomic E-state index is 0.298. The van der Waals surface area contributed by atoms with E-state index in [1.165, 1.54) is 55.6 Å². The molecule has 2 aromatic rings. The molecule has 1 unspecified atom stereocenters. The number of benzene rings is 2. The van der Waals surface area contributed by atoms with Gasteiger partial charge >= 0.3 is 0 Å². The quantitative estimate of drug-likeness (QED) is 0.421. The monoisotopic (exact) mass is 449 g/mol. The summed E-state index contributed by atoms with van der Waals surface area (Å²) in [6.45, 7) is 13.7. The first kappa shape index (κ1) is 25.8. The van der Waals surface area contributed by atoms with Crippen molar-refractivity contribution in [2.75, 3.05) is 31.1 Å². The van der Waals surface area contributed by atoms with E-state index in [0.717, 1.165) is 31.8 Å². The Hall–Kier alpha value is -1.84. The van der Waals surface area contributed by atoms with E-state index in [0.29, 0.717) is 18.0 Å². The van der Waals surface area contributed by atoms with Crippen LogP contribution in [0.3, 0.4) is 0 Å². The van der Waals surface area contributed by atoms with Crippen molar-refractivity contribution >= 4 is 5.69 Å². The van der Waals surface area contributed by atoms with E-state index < -0.39 is 0 Å². The predicted octanol–water partition coefficient (Wildman–Crippen LogP) is 6.16. The molecule has 1 aliphatic rings. The van der Waals surface area contributed by atoms with Gasteiger partial charge in [0, 0.05) is 44.0 Å². The molecule has 1 saturated heterocycles. The summed E-state index contributed by atoms with van der Waals surface area (Å²) in [5.74, 6) is 1.33. The average molecular weight is 450 g/mol.